The molecule has 0 unspecified atom stereocenters. The second kappa shape index (κ2) is 12.3. The van der Waals surface area contributed by atoms with Crippen LogP contribution in [0.4, 0.5) is 16.3 Å². The zero-order valence-corrected chi connectivity index (χ0v) is 26.7. The zero-order chi connectivity index (χ0) is 32.5. The minimum Gasteiger partial charge on any atom is -0.508 e. The topological polar surface area (TPSA) is 153 Å². The maximum absolute atomic E-state index is 13.5. The second-order valence-corrected chi connectivity index (χ2v) is 13.0. The van der Waals surface area contributed by atoms with Crippen LogP contribution in [0.2, 0.25) is 0 Å². The molecule has 0 saturated carbocycles. The van der Waals surface area contributed by atoms with Gasteiger partial charge in [0.25, 0.3) is 10.0 Å². The van der Waals surface area contributed by atoms with Crippen LogP contribution in [-0.2, 0) is 14.8 Å². The molecule has 2 heterocycles. The van der Waals surface area contributed by atoms with Crippen LogP contribution in [0.3, 0.4) is 0 Å². The lowest BCUT2D eigenvalue weighted by atomic mass is 10.0. The summed E-state index contributed by atoms with van der Waals surface area (Å²) >= 11 is 0. The number of phenols is 1. The van der Waals surface area contributed by atoms with E-state index >= 15 is 0 Å². The number of ether oxygens (including phenoxy) is 4. The number of hydrogen-bond donors (Lipinski definition) is 2. The summed E-state index contributed by atoms with van der Waals surface area (Å²) in [5, 5.41) is 14.9. The number of sulfonamides is 1. The van der Waals surface area contributed by atoms with Crippen molar-refractivity contribution >= 4 is 38.6 Å². The largest absolute Gasteiger partial charge is 0.508 e. The summed E-state index contributed by atoms with van der Waals surface area (Å²) in [4.78, 5) is 16.0. The molecule has 13 nitrogen and oxygen atoms in total. The molecule has 0 atom stereocenters. The van der Waals surface area contributed by atoms with E-state index in [9.17, 15) is 18.3 Å². The normalized spacial score (nSPS) is 13.9. The molecule has 5 rings (SSSR count). The third kappa shape index (κ3) is 6.65. The van der Waals surface area contributed by atoms with E-state index in [-0.39, 0.29) is 39.6 Å². The Bertz CT molecular complexity index is 1800. The van der Waals surface area contributed by atoms with Crippen LogP contribution < -0.4 is 23.8 Å². The lowest BCUT2D eigenvalue weighted by molar-refractivity contribution is 0.0240. The number of piperazine rings is 1. The van der Waals surface area contributed by atoms with Crippen LogP contribution in [0.5, 0.6) is 23.0 Å². The van der Waals surface area contributed by atoms with Gasteiger partial charge in [-0.15, -0.1) is 0 Å². The number of phenolic OH excluding ortho intramolecular Hbond substituents is 1. The Kier molecular flexibility index (Phi) is 8.61. The SMILES string of the molecule is COc1cccc(OC)c1S(=O)(=O)Nc1noc2cc(-c3cc(O)cc(N4CCN(C(=O)OC(C)(C)C)CC4)c3)cc(OC)c12. The number of methoxy groups -OCH3 is 3. The summed E-state index contributed by atoms with van der Waals surface area (Å²) in [5.74, 6) is 0.447. The van der Waals surface area contributed by atoms with Gasteiger partial charge in [-0.05, 0) is 68.3 Å². The average Bonchev–Trinajstić information content (AvgIpc) is 3.40. The first-order chi connectivity index (χ1) is 21.3. The molecule has 1 aliphatic rings. The third-order valence-electron chi connectivity index (χ3n) is 7.17. The van der Waals surface area contributed by atoms with E-state index in [1.54, 1.807) is 35.2 Å². The lowest BCUT2D eigenvalue weighted by Crippen LogP contribution is -2.50. The van der Waals surface area contributed by atoms with Crippen molar-refractivity contribution in [1.82, 2.24) is 10.1 Å². The number of nitrogens with one attached hydrogen (secondary N) is 1. The van der Waals surface area contributed by atoms with E-state index in [4.69, 9.17) is 23.5 Å². The number of aromatic nitrogens is 1. The Morgan fingerprint density at radius 1 is 0.911 bits per heavy atom. The predicted molar refractivity (Wildman–Crippen MR) is 168 cm³/mol. The quantitative estimate of drug-likeness (QED) is 0.265. The van der Waals surface area contributed by atoms with Gasteiger partial charge in [0.05, 0.1) is 21.3 Å². The highest BCUT2D eigenvalue weighted by atomic mass is 32.2. The molecular formula is C31H36N4O9S. The molecule has 0 aliphatic carbocycles. The first-order valence-corrected chi connectivity index (χ1v) is 15.6. The zero-order valence-electron chi connectivity index (χ0n) is 25.9. The van der Waals surface area contributed by atoms with E-state index in [1.165, 1.54) is 33.5 Å². The molecule has 0 spiro atoms. The van der Waals surface area contributed by atoms with Crippen LogP contribution in [0, 0.1) is 0 Å². The van der Waals surface area contributed by atoms with E-state index in [1.807, 2.05) is 26.8 Å². The maximum atomic E-state index is 13.5. The molecule has 0 radical (unpaired) electrons. The molecule has 0 bridgehead atoms. The summed E-state index contributed by atoms with van der Waals surface area (Å²) in [5.41, 5.74) is 1.75. The Morgan fingerprint density at radius 3 is 2.13 bits per heavy atom. The van der Waals surface area contributed by atoms with Crippen molar-refractivity contribution in [2.75, 3.05) is 57.1 Å². The number of aromatic hydroxyl groups is 1. The van der Waals surface area contributed by atoms with Gasteiger partial charge >= 0.3 is 6.09 Å². The van der Waals surface area contributed by atoms with E-state index in [2.05, 4.69) is 14.8 Å². The van der Waals surface area contributed by atoms with Gasteiger partial charge in [-0.1, -0.05) is 11.2 Å². The molecule has 1 aliphatic heterocycles. The number of fused-ring (bicyclic) bond motifs is 1. The molecule has 3 aromatic carbocycles. The highest BCUT2D eigenvalue weighted by molar-refractivity contribution is 7.93. The Balaban J connectivity index is 1.43. The van der Waals surface area contributed by atoms with Crippen molar-refractivity contribution in [3.8, 4) is 34.1 Å². The Hall–Kier alpha value is -4.85. The van der Waals surface area contributed by atoms with Gasteiger partial charge in [-0.25, -0.2) is 13.2 Å². The van der Waals surface area contributed by atoms with Gasteiger partial charge < -0.3 is 38.4 Å². The Labute approximate surface area is 261 Å². The fourth-order valence-corrected chi connectivity index (χ4v) is 6.44. The number of amides is 1. The monoisotopic (exact) mass is 640 g/mol. The molecule has 45 heavy (non-hydrogen) atoms. The fourth-order valence-electron chi connectivity index (χ4n) is 5.11. The fraction of sp³-hybridized carbons (Fsp3) is 0.355. The molecule has 4 aromatic rings. The molecule has 1 fully saturated rings. The lowest BCUT2D eigenvalue weighted by Gasteiger charge is -2.37. The van der Waals surface area contributed by atoms with Crippen LogP contribution >= 0.6 is 0 Å². The van der Waals surface area contributed by atoms with Crippen molar-refractivity contribution in [2.24, 2.45) is 0 Å². The van der Waals surface area contributed by atoms with E-state index < -0.39 is 15.6 Å². The van der Waals surface area contributed by atoms with Gasteiger partial charge in [0.15, 0.2) is 16.3 Å². The predicted octanol–water partition coefficient (Wildman–Crippen LogP) is 5.08. The second-order valence-electron chi connectivity index (χ2n) is 11.4. The maximum Gasteiger partial charge on any atom is 0.410 e. The molecule has 2 N–H and O–H groups in total. The summed E-state index contributed by atoms with van der Waals surface area (Å²) in [6.45, 7) is 7.53. The highest BCUT2D eigenvalue weighted by Crippen LogP contribution is 2.41. The summed E-state index contributed by atoms with van der Waals surface area (Å²) < 4.78 is 56.7. The van der Waals surface area contributed by atoms with Gasteiger partial charge in [0.2, 0.25) is 0 Å². The van der Waals surface area contributed by atoms with Crippen molar-refractivity contribution in [1.29, 1.82) is 0 Å². The van der Waals surface area contributed by atoms with Crippen molar-refractivity contribution < 1.29 is 41.8 Å². The van der Waals surface area contributed by atoms with Crippen LogP contribution in [0.15, 0.2) is 57.9 Å². The molecule has 1 aromatic heterocycles. The minimum absolute atomic E-state index is 0.0490. The minimum atomic E-state index is -4.24. The number of rotatable bonds is 8. The van der Waals surface area contributed by atoms with Crippen molar-refractivity contribution in [2.45, 2.75) is 31.3 Å². The third-order valence-corrected chi connectivity index (χ3v) is 8.57. The molecular weight excluding hydrogens is 604 g/mol. The van der Waals surface area contributed by atoms with Crippen LogP contribution in [0.25, 0.3) is 22.1 Å². The number of carbonyl (C=O) groups is 1. The summed E-state index contributed by atoms with van der Waals surface area (Å²) in [7, 11) is -0.0657. The Morgan fingerprint density at radius 2 is 1.53 bits per heavy atom. The van der Waals surface area contributed by atoms with Gasteiger partial charge in [0, 0.05) is 37.9 Å². The number of nitrogens with zero attached hydrogens (tertiary/aromatic N) is 3. The van der Waals surface area contributed by atoms with Crippen LogP contribution in [-0.4, -0.2) is 82.8 Å². The molecule has 1 amide bonds. The smallest absolute Gasteiger partial charge is 0.410 e. The highest BCUT2D eigenvalue weighted by Gasteiger charge is 2.29. The van der Waals surface area contributed by atoms with E-state index in [0.29, 0.717) is 48.4 Å². The van der Waals surface area contributed by atoms with Gasteiger partial charge in [-0.3, -0.25) is 4.72 Å². The van der Waals surface area contributed by atoms with Gasteiger partial charge in [-0.2, -0.15) is 0 Å². The van der Waals surface area contributed by atoms with Crippen LogP contribution in [0.1, 0.15) is 20.8 Å². The summed E-state index contributed by atoms with van der Waals surface area (Å²) in [6.07, 6.45) is -0.352. The number of anilines is 2. The first-order valence-electron chi connectivity index (χ1n) is 14.1. The summed E-state index contributed by atoms with van der Waals surface area (Å²) in [6, 6.07) is 13.2. The number of benzene rings is 3. The first kappa shape index (κ1) is 31.6. The molecule has 240 valence electrons. The molecule has 1 saturated heterocycles. The number of carbonyl (C=O) groups excluding carboxylic acids is 1. The van der Waals surface area contributed by atoms with Crippen molar-refractivity contribution in [3.05, 3.63) is 48.5 Å². The number of hydrogen-bond acceptors (Lipinski definition) is 11. The molecule has 14 heteroatoms. The van der Waals surface area contributed by atoms with Gasteiger partial charge in [0.1, 0.15) is 34.0 Å². The average molecular weight is 641 g/mol. The van der Waals surface area contributed by atoms with Crippen molar-refractivity contribution in [3.63, 3.8) is 0 Å². The standard InChI is InChI=1S/C31H36N4O9S/c1-31(2,3)43-30(37)35-12-10-34(11-13-35)21-14-19(15-22(36)18-21)20-16-25(42-6)27-26(17-20)44-32-29(27)33-45(38,39)28-23(40-4)8-7-9-24(28)41-5/h7-9,14-18,36H,10-13H2,1-6H3,(H,32,33). The van der Waals surface area contributed by atoms with E-state index in [0.717, 1.165) is 5.69 Å².